The molecule has 1 atom stereocenters. The summed E-state index contributed by atoms with van der Waals surface area (Å²) < 4.78 is 2.63. The molecular formula is C15H12BrClN4. The van der Waals surface area contributed by atoms with Crippen LogP contribution in [0.1, 0.15) is 23.6 Å². The molecule has 0 fully saturated rings. The van der Waals surface area contributed by atoms with Crippen LogP contribution in [0.15, 0.2) is 41.1 Å². The smallest absolute Gasteiger partial charge is 0.171 e. The molecule has 1 N–H and O–H groups in total. The van der Waals surface area contributed by atoms with Gasteiger partial charge in [-0.25, -0.2) is 9.50 Å². The van der Waals surface area contributed by atoms with E-state index in [9.17, 15) is 0 Å². The van der Waals surface area contributed by atoms with Crippen molar-refractivity contribution in [2.24, 2.45) is 0 Å². The van der Waals surface area contributed by atoms with Gasteiger partial charge in [0, 0.05) is 11.2 Å². The number of fused-ring (bicyclic) bond motifs is 2. The van der Waals surface area contributed by atoms with Crippen molar-refractivity contribution in [2.45, 2.75) is 18.9 Å². The van der Waals surface area contributed by atoms with Crippen LogP contribution in [-0.4, -0.2) is 14.6 Å². The predicted octanol–water partition coefficient (Wildman–Crippen LogP) is 4.24. The highest BCUT2D eigenvalue weighted by molar-refractivity contribution is 9.10. The second-order valence-electron chi connectivity index (χ2n) is 5.12. The van der Waals surface area contributed by atoms with Crippen molar-refractivity contribution in [3.05, 3.63) is 57.3 Å². The number of nitrogens with one attached hydrogen (secondary N) is 1. The van der Waals surface area contributed by atoms with Gasteiger partial charge in [0.2, 0.25) is 0 Å². The van der Waals surface area contributed by atoms with Crippen molar-refractivity contribution in [1.82, 2.24) is 14.6 Å². The number of nitrogens with zero attached hydrogens (tertiary/aromatic N) is 3. The van der Waals surface area contributed by atoms with Crippen LogP contribution in [0.3, 0.4) is 0 Å². The molecule has 106 valence electrons. The average Bonchev–Trinajstić information content (AvgIpc) is 3.05. The largest absolute Gasteiger partial charge is 0.363 e. The fourth-order valence-corrected chi connectivity index (χ4v) is 3.50. The Kier molecular flexibility index (Phi) is 3.12. The molecule has 21 heavy (non-hydrogen) atoms. The third-order valence-electron chi connectivity index (χ3n) is 3.86. The molecule has 2 heterocycles. The van der Waals surface area contributed by atoms with E-state index in [0.717, 1.165) is 33.8 Å². The predicted molar refractivity (Wildman–Crippen MR) is 86.8 cm³/mol. The Morgan fingerprint density at radius 1 is 1.33 bits per heavy atom. The zero-order valence-electron chi connectivity index (χ0n) is 11.1. The number of benzene rings is 1. The fraction of sp³-hybridized carbons (Fsp3) is 0.200. The molecule has 0 bridgehead atoms. The third kappa shape index (κ3) is 2.21. The van der Waals surface area contributed by atoms with Gasteiger partial charge in [-0.05, 0) is 52.0 Å². The number of aromatic nitrogens is 3. The third-order valence-corrected chi connectivity index (χ3v) is 4.78. The summed E-state index contributed by atoms with van der Waals surface area (Å²) in [5.74, 6) is 0.849. The Hall–Kier alpha value is -1.59. The van der Waals surface area contributed by atoms with E-state index in [1.54, 1.807) is 10.7 Å². The van der Waals surface area contributed by atoms with Gasteiger partial charge in [-0.1, -0.05) is 23.7 Å². The molecular weight excluding hydrogens is 352 g/mol. The van der Waals surface area contributed by atoms with E-state index in [4.69, 9.17) is 11.6 Å². The number of rotatable bonds is 2. The normalized spacial score (nSPS) is 17.1. The van der Waals surface area contributed by atoms with E-state index in [-0.39, 0.29) is 6.04 Å². The first-order chi connectivity index (χ1) is 10.2. The Morgan fingerprint density at radius 3 is 3.14 bits per heavy atom. The van der Waals surface area contributed by atoms with E-state index in [0.29, 0.717) is 0 Å². The SMILES string of the molecule is Clc1cccc2c1CCC2Nc1ccn2ncc(Br)c2n1. The lowest BCUT2D eigenvalue weighted by Gasteiger charge is -2.15. The highest BCUT2D eigenvalue weighted by Gasteiger charge is 2.24. The highest BCUT2D eigenvalue weighted by atomic mass is 79.9. The van der Waals surface area contributed by atoms with Crippen molar-refractivity contribution in [2.75, 3.05) is 5.32 Å². The quantitative estimate of drug-likeness (QED) is 0.740. The van der Waals surface area contributed by atoms with Crippen LogP contribution in [0, 0.1) is 0 Å². The van der Waals surface area contributed by atoms with Crippen molar-refractivity contribution in [3.8, 4) is 0 Å². The van der Waals surface area contributed by atoms with Gasteiger partial charge in [0.05, 0.1) is 16.7 Å². The van der Waals surface area contributed by atoms with Gasteiger partial charge >= 0.3 is 0 Å². The summed E-state index contributed by atoms with van der Waals surface area (Å²) in [6.45, 7) is 0. The van der Waals surface area contributed by atoms with Gasteiger partial charge in [0.1, 0.15) is 5.82 Å². The van der Waals surface area contributed by atoms with E-state index >= 15 is 0 Å². The van der Waals surface area contributed by atoms with Crippen molar-refractivity contribution in [3.63, 3.8) is 0 Å². The first kappa shape index (κ1) is 13.1. The molecule has 0 radical (unpaired) electrons. The molecule has 1 aromatic carbocycles. The standard InChI is InChI=1S/C15H12BrClN4/c16-11-8-18-21-7-6-14(20-15(11)21)19-13-5-4-9-10(13)2-1-3-12(9)17/h1-3,6-8,13H,4-5H2,(H,19,20). The molecule has 4 rings (SSSR count). The van der Waals surface area contributed by atoms with Gasteiger partial charge in [0.15, 0.2) is 5.65 Å². The van der Waals surface area contributed by atoms with Gasteiger partial charge in [-0.15, -0.1) is 0 Å². The van der Waals surface area contributed by atoms with E-state index in [2.05, 4.69) is 37.4 Å². The van der Waals surface area contributed by atoms with Crippen LogP contribution in [0.2, 0.25) is 5.02 Å². The van der Waals surface area contributed by atoms with E-state index in [1.807, 2.05) is 24.4 Å². The monoisotopic (exact) mass is 362 g/mol. The molecule has 1 unspecified atom stereocenters. The summed E-state index contributed by atoms with van der Waals surface area (Å²) in [4.78, 5) is 4.60. The first-order valence-electron chi connectivity index (χ1n) is 6.76. The molecule has 0 amide bonds. The van der Waals surface area contributed by atoms with E-state index < -0.39 is 0 Å². The van der Waals surface area contributed by atoms with Crippen LogP contribution in [-0.2, 0) is 6.42 Å². The topological polar surface area (TPSA) is 42.2 Å². The summed E-state index contributed by atoms with van der Waals surface area (Å²) >= 11 is 9.72. The Bertz CT molecular complexity index is 830. The molecule has 3 aromatic rings. The average molecular weight is 364 g/mol. The minimum absolute atomic E-state index is 0.260. The fourth-order valence-electron chi connectivity index (χ4n) is 2.86. The second-order valence-corrected chi connectivity index (χ2v) is 6.38. The molecule has 0 aliphatic heterocycles. The maximum atomic E-state index is 6.26. The summed E-state index contributed by atoms with van der Waals surface area (Å²) in [7, 11) is 0. The van der Waals surface area contributed by atoms with Gasteiger partial charge in [0.25, 0.3) is 0 Å². The van der Waals surface area contributed by atoms with Crippen LogP contribution in [0.25, 0.3) is 5.65 Å². The maximum absolute atomic E-state index is 6.26. The molecule has 0 saturated carbocycles. The summed E-state index contributed by atoms with van der Waals surface area (Å²) in [5, 5.41) is 8.56. The Morgan fingerprint density at radius 2 is 2.24 bits per heavy atom. The number of anilines is 1. The van der Waals surface area contributed by atoms with Crippen molar-refractivity contribution in [1.29, 1.82) is 0 Å². The van der Waals surface area contributed by atoms with Crippen molar-refractivity contribution < 1.29 is 0 Å². The van der Waals surface area contributed by atoms with Crippen LogP contribution < -0.4 is 5.32 Å². The maximum Gasteiger partial charge on any atom is 0.171 e. The molecule has 4 nitrogen and oxygen atoms in total. The molecule has 0 saturated heterocycles. The molecule has 6 heteroatoms. The van der Waals surface area contributed by atoms with E-state index in [1.165, 1.54) is 11.1 Å². The summed E-state index contributed by atoms with van der Waals surface area (Å²) in [6.07, 6.45) is 5.69. The van der Waals surface area contributed by atoms with Crippen LogP contribution in [0.5, 0.6) is 0 Å². The number of hydrogen-bond acceptors (Lipinski definition) is 3. The molecule has 1 aliphatic carbocycles. The minimum atomic E-state index is 0.260. The molecule has 0 spiro atoms. The molecule has 2 aromatic heterocycles. The van der Waals surface area contributed by atoms with Crippen LogP contribution in [0.4, 0.5) is 5.82 Å². The minimum Gasteiger partial charge on any atom is -0.363 e. The Labute approximate surface area is 135 Å². The second kappa shape index (κ2) is 5.00. The number of hydrogen-bond donors (Lipinski definition) is 1. The van der Waals surface area contributed by atoms with Crippen molar-refractivity contribution >= 4 is 39.0 Å². The lowest BCUT2D eigenvalue weighted by molar-refractivity contribution is 0.756. The van der Waals surface area contributed by atoms with Crippen LogP contribution >= 0.6 is 27.5 Å². The first-order valence-corrected chi connectivity index (χ1v) is 7.93. The Balaban J connectivity index is 1.67. The zero-order valence-corrected chi connectivity index (χ0v) is 13.4. The summed E-state index contributed by atoms with van der Waals surface area (Å²) in [5.41, 5.74) is 3.34. The van der Waals surface area contributed by atoms with Gasteiger partial charge in [-0.3, -0.25) is 0 Å². The molecule has 1 aliphatic rings. The zero-order chi connectivity index (χ0) is 14.4. The lowest BCUT2D eigenvalue weighted by Crippen LogP contribution is -2.09. The van der Waals surface area contributed by atoms with Gasteiger partial charge < -0.3 is 5.32 Å². The van der Waals surface area contributed by atoms with Gasteiger partial charge in [-0.2, -0.15) is 5.10 Å². The number of halogens is 2. The highest BCUT2D eigenvalue weighted by Crippen LogP contribution is 2.37. The lowest BCUT2D eigenvalue weighted by atomic mass is 10.1. The summed E-state index contributed by atoms with van der Waals surface area (Å²) in [6, 6.07) is 8.30.